The van der Waals surface area contributed by atoms with Crippen LogP contribution in [0, 0.1) is 0 Å². The van der Waals surface area contributed by atoms with Gasteiger partial charge >= 0.3 is 6.18 Å². The molecule has 29 heavy (non-hydrogen) atoms. The van der Waals surface area contributed by atoms with Crippen LogP contribution >= 0.6 is 24.0 Å². The zero-order valence-corrected chi connectivity index (χ0v) is 18.4. The topological polar surface area (TPSA) is 79.9 Å². The maximum Gasteiger partial charge on any atom is 0.416 e. The number of aliphatic hydroxyl groups is 1. The molecule has 0 aromatic heterocycles. The van der Waals surface area contributed by atoms with E-state index in [9.17, 15) is 18.3 Å². The molecule has 9 heteroatoms. The van der Waals surface area contributed by atoms with E-state index in [0.717, 1.165) is 23.4 Å². The number of nitrogens with two attached hydrogens (primary N) is 1. The highest BCUT2D eigenvalue weighted by Crippen LogP contribution is 2.30. The summed E-state index contributed by atoms with van der Waals surface area (Å²) in [6.07, 6.45) is -5.35. The fourth-order valence-electron chi connectivity index (χ4n) is 2.35. The summed E-state index contributed by atoms with van der Waals surface area (Å²) in [6, 6.07) is 12.0. The number of aliphatic imine (C=N–C) groups is 1. The first-order valence-electron chi connectivity index (χ1n) is 8.80. The Morgan fingerprint density at radius 3 is 2.41 bits per heavy atom. The quantitative estimate of drug-likeness (QED) is 0.282. The summed E-state index contributed by atoms with van der Waals surface area (Å²) >= 11 is 0. The van der Waals surface area contributed by atoms with E-state index >= 15 is 0 Å². The van der Waals surface area contributed by atoms with E-state index in [4.69, 9.17) is 10.5 Å². The standard InChI is InChI=1S/C20H24F3N3O2.HI/c1-13(2)14-4-3-5-16(10-14)26-19(24)25-11-17(27)12-28-18-8-6-15(7-9-18)20(21,22)23;/h3-10,13,17,27H,11-12H2,1-2H3,(H3,24,25,26);1H. The molecule has 1 unspecified atom stereocenters. The second-order valence-electron chi connectivity index (χ2n) is 6.62. The zero-order chi connectivity index (χ0) is 20.7. The molecule has 0 saturated carbocycles. The molecular formula is C20H25F3IN3O2. The lowest BCUT2D eigenvalue weighted by molar-refractivity contribution is -0.137. The number of aliphatic hydroxyl groups excluding tert-OH is 1. The van der Waals surface area contributed by atoms with Crippen molar-refractivity contribution in [1.82, 2.24) is 0 Å². The summed E-state index contributed by atoms with van der Waals surface area (Å²) < 4.78 is 42.8. The van der Waals surface area contributed by atoms with E-state index in [2.05, 4.69) is 24.2 Å². The van der Waals surface area contributed by atoms with E-state index in [1.54, 1.807) is 0 Å². The monoisotopic (exact) mass is 523 g/mol. The van der Waals surface area contributed by atoms with Gasteiger partial charge in [0.25, 0.3) is 0 Å². The van der Waals surface area contributed by atoms with Crippen molar-refractivity contribution in [2.75, 3.05) is 18.5 Å². The predicted molar refractivity (Wildman–Crippen MR) is 119 cm³/mol. The highest BCUT2D eigenvalue weighted by atomic mass is 127. The maximum atomic E-state index is 12.5. The van der Waals surface area contributed by atoms with Crippen molar-refractivity contribution in [1.29, 1.82) is 0 Å². The Hall–Kier alpha value is -2.01. The summed E-state index contributed by atoms with van der Waals surface area (Å²) in [7, 11) is 0. The molecule has 0 fully saturated rings. The number of hydrogen-bond acceptors (Lipinski definition) is 3. The van der Waals surface area contributed by atoms with Crippen LogP contribution in [0.4, 0.5) is 18.9 Å². The molecule has 1 atom stereocenters. The Morgan fingerprint density at radius 2 is 1.83 bits per heavy atom. The molecule has 0 bridgehead atoms. The largest absolute Gasteiger partial charge is 0.491 e. The van der Waals surface area contributed by atoms with Gasteiger partial charge in [0.05, 0.1) is 12.1 Å². The number of hydrogen-bond donors (Lipinski definition) is 3. The molecular weight excluding hydrogens is 498 g/mol. The lowest BCUT2D eigenvalue weighted by Gasteiger charge is -2.13. The van der Waals surface area contributed by atoms with Gasteiger partial charge < -0.3 is 20.9 Å². The Bertz CT molecular complexity index is 796. The van der Waals surface area contributed by atoms with Crippen LogP contribution in [0.15, 0.2) is 53.5 Å². The van der Waals surface area contributed by atoms with Crippen LogP contribution in [0.2, 0.25) is 0 Å². The van der Waals surface area contributed by atoms with Crippen LogP contribution in [0.1, 0.15) is 30.9 Å². The van der Waals surface area contributed by atoms with Crippen molar-refractivity contribution in [2.24, 2.45) is 10.7 Å². The van der Waals surface area contributed by atoms with Crippen molar-refractivity contribution < 1.29 is 23.0 Å². The SMILES string of the molecule is CC(C)c1cccc(NC(N)=NCC(O)COc2ccc(C(F)(F)F)cc2)c1.I. The molecule has 0 aliphatic carbocycles. The van der Waals surface area contributed by atoms with Gasteiger partial charge in [-0.1, -0.05) is 26.0 Å². The second-order valence-corrected chi connectivity index (χ2v) is 6.62. The average molecular weight is 523 g/mol. The van der Waals surface area contributed by atoms with Gasteiger partial charge in [0.15, 0.2) is 5.96 Å². The minimum absolute atomic E-state index is 0. The van der Waals surface area contributed by atoms with Gasteiger partial charge in [0.1, 0.15) is 18.5 Å². The summed E-state index contributed by atoms with van der Waals surface area (Å²) in [5, 5.41) is 12.9. The van der Waals surface area contributed by atoms with Gasteiger partial charge in [-0.05, 0) is 47.9 Å². The highest BCUT2D eigenvalue weighted by molar-refractivity contribution is 14.0. The number of rotatable bonds is 7. The van der Waals surface area contributed by atoms with E-state index in [1.165, 1.54) is 12.1 Å². The minimum Gasteiger partial charge on any atom is -0.491 e. The summed E-state index contributed by atoms with van der Waals surface area (Å²) in [5.41, 5.74) is 7.02. The van der Waals surface area contributed by atoms with Crippen LogP contribution in [0.5, 0.6) is 5.75 Å². The van der Waals surface area contributed by atoms with E-state index in [0.29, 0.717) is 5.92 Å². The number of benzene rings is 2. The third-order valence-corrected chi connectivity index (χ3v) is 3.92. The molecule has 0 heterocycles. The molecule has 2 rings (SSSR count). The Balaban J connectivity index is 0.00000420. The summed E-state index contributed by atoms with van der Waals surface area (Å²) in [5.74, 6) is 0.756. The maximum absolute atomic E-state index is 12.5. The number of nitrogens with one attached hydrogen (secondary N) is 1. The predicted octanol–water partition coefficient (Wildman–Crippen LogP) is 4.61. The van der Waals surface area contributed by atoms with Gasteiger partial charge in [-0.15, -0.1) is 24.0 Å². The normalized spacial score (nSPS) is 13.0. The lowest BCUT2D eigenvalue weighted by Crippen LogP contribution is -2.27. The van der Waals surface area contributed by atoms with Crippen LogP contribution in [0.25, 0.3) is 0 Å². The smallest absolute Gasteiger partial charge is 0.416 e. The van der Waals surface area contributed by atoms with Gasteiger partial charge in [-0.2, -0.15) is 13.2 Å². The van der Waals surface area contributed by atoms with Gasteiger partial charge in [0.2, 0.25) is 0 Å². The molecule has 0 radical (unpaired) electrons. The molecule has 2 aromatic carbocycles. The number of nitrogens with zero attached hydrogens (tertiary/aromatic N) is 1. The van der Waals surface area contributed by atoms with Gasteiger partial charge in [0, 0.05) is 5.69 Å². The molecule has 0 aliphatic heterocycles. The van der Waals surface area contributed by atoms with E-state index < -0.39 is 17.8 Å². The van der Waals surface area contributed by atoms with Crippen molar-refractivity contribution in [2.45, 2.75) is 32.0 Å². The van der Waals surface area contributed by atoms with E-state index in [-0.39, 0.29) is 48.8 Å². The number of anilines is 1. The van der Waals surface area contributed by atoms with Crippen LogP contribution in [-0.4, -0.2) is 30.3 Å². The third kappa shape index (κ3) is 8.48. The first-order chi connectivity index (χ1) is 13.1. The fourth-order valence-corrected chi connectivity index (χ4v) is 2.35. The van der Waals surface area contributed by atoms with Crippen molar-refractivity contribution in [3.63, 3.8) is 0 Å². The Labute approximate surface area is 185 Å². The Kier molecular flexibility index (Phi) is 9.71. The minimum atomic E-state index is -4.40. The first kappa shape index (κ1) is 25.0. The number of halogens is 4. The Morgan fingerprint density at radius 1 is 1.17 bits per heavy atom. The molecule has 0 spiro atoms. The number of alkyl halides is 3. The molecule has 0 amide bonds. The summed E-state index contributed by atoms with van der Waals surface area (Å²) in [6.45, 7) is 4.04. The van der Waals surface area contributed by atoms with Crippen molar-refractivity contribution in [3.05, 3.63) is 59.7 Å². The average Bonchev–Trinajstić information content (AvgIpc) is 2.64. The van der Waals surface area contributed by atoms with Gasteiger partial charge in [-0.3, -0.25) is 4.99 Å². The third-order valence-electron chi connectivity index (χ3n) is 3.92. The zero-order valence-electron chi connectivity index (χ0n) is 16.1. The molecule has 5 nitrogen and oxygen atoms in total. The highest BCUT2D eigenvalue weighted by Gasteiger charge is 2.30. The van der Waals surface area contributed by atoms with Crippen molar-refractivity contribution >= 4 is 35.6 Å². The molecule has 2 aromatic rings. The molecule has 160 valence electrons. The second kappa shape index (κ2) is 11.2. The summed E-state index contributed by atoms with van der Waals surface area (Å²) in [4.78, 5) is 4.06. The van der Waals surface area contributed by atoms with Crippen molar-refractivity contribution in [3.8, 4) is 5.75 Å². The van der Waals surface area contributed by atoms with E-state index in [1.807, 2.05) is 24.3 Å². The fraction of sp³-hybridized carbons (Fsp3) is 0.350. The van der Waals surface area contributed by atoms with Crippen LogP contribution < -0.4 is 15.8 Å². The molecule has 0 saturated heterocycles. The van der Waals surface area contributed by atoms with Gasteiger partial charge in [-0.25, -0.2) is 0 Å². The number of guanidine groups is 1. The lowest BCUT2D eigenvalue weighted by atomic mass is 10.0. The number of ether oxygens (including phenoxy) is 1. The first-order valence-corrected chi connectivity index (χ1v) is 8.80. The molecule has 0 aliphatic rings. The molecule has 4 N–H and O–H groups in total. The van der Waals surface area contributed by atoms with Crippen LogP contribution in [0.3, 0.4) is 0 Å². The van der Waals surface area contributed by atoms with Crippen LogP contribution in [-0.2, 0) is 6.18 Å².